The first-order valence-corrected chi connectivity index (χ1v) is 21.3. The van der Waals surface area contributed by atoms with Gasteiger partial charge in [0, 0.05) is 13.8 Å². The van der Waals surface area contributed by atoms with Gasteiger partial charge in [-0.05, 0) is 57.1 Å². The second-order valence-electron chi connectivity index (χ2n) is 14.9. The van der Waals surface area contributed by atoms with E-state index in [0.29, 0.717) is 32.5 Å². The van der Waals surface area contributed by atoms with Crippen molar-refractivity contribution in [3.8, 4) is 0 Å². The van der Waals surface area contributed by atoms with Crippen molar-refractivity contribution in [2.24, 2.45) is 0 Å². The standard InChI is InChI=1S/C43H74F2N2O6/c1-36(48)52-33-29-25-21-17-13-9-5-3-7-11-15-19-23-27-31-38(44)42(50)46-40-35-41(40)47-43(51)39(45)32-28-24-20-16-12-8-4-6-10-14-18-22-26-30-34-53-37(2)49/h31-32,40-41H,3-30,33-35H2,1-2H3,(H,46,50)(H,47,51)/t40-,41+. The summed E-state index contributed by atoms with van der Waals surface area (Å²) in [6, 6.07) is -0.746. The summed E-state index contributed by atoms with van der Waals surface area (Å²) in [5.41, 5.74) is 0. The van der Waals surface area contributed by atoms with Crippen molar-refractivity contribution in [1.82, 2.24) is 10.6 Å². The molecule has 10 heteroatoms. The molecule has 1 aliphatic rings. The minimum absolute atomic E-state index is 0.201. The van der Waals surface area contributed by atoms with Crippen molar-refractivity contribution in [2.45, 2.75) is 212 Å². The van der Waals surface area contributed by atoms with Crippen LogP contribution in [0.2, 0.25) is 0 Å². The fraction of sp³-hybridized carbons (Fsp3) is 0.814. The van der Waals surface area contributed by atoms with Crippen LogP contribution in [0.1, 0.15) is 200 Å². The van der Waals surface area contributed by atoms with E-state index in [1.54, 1.807) is 0 Å². The Labute approximate surface area is 320 Å². The van der Waals surface area contributed by atoms with Gasteiger partial charge >= 0.3 is 11.9 Å². The molecule has 1 rings (SSSR count). The van der Waals surface area contributed by atoms with E-state index in [1.807, 2.05) is 0 Å². The van der Waals surface area contributed by atoms with Gasteiger partial charge < -0.3 is 20.1 Å². The van der Waals surface area contributed by atoms with Crippen molar-refractivity contribution in [1.29, 1.82) is 0 Å². The molecular weight excluding hydrogens is 678 g/mol. The maximum absolute atomic E-state index is 14.3. The molecular formula is C43H74F2N2O6. The van der Waals surface area contributed by atoms with Gasteiger partial charge in [0.25, 0.3) is 11.8 Å². The molecule has 0 unspecified atom stereocenters. The molecule has 0 aromatic carbocycles. The van der Waals surface area contributed by atoms with Crippen molar-refractivity contribution in [3.05, 3.63) is 23.8 Å². The largest absolute Gasteiger partial charge is 0.466 e. The highest BCUT2D eigenvalue weighted by atomic mass is 19.1. The molecule has 0 radical (unpaired) electrons. The fourth-order valence-corrected chi connectivity index (χ4v) is 6.45. The van der Waals surface area contributed by atoms with Gasteiger partial charge in [0.05, 0.1) is 25.3 Å². The lowest BCUT2D eigenvalue weighted by molar-refractivity contribution is -0.142. The Morgan fingerprint density at radius 3 is 0.962 bits per heavy atom. The maximum atomic E-state index is 14.3. The predicted octanol–water partition coefficient (Wildman–Crippen LogP) is 11.1. The minimum Gasteiger partial charge on any atom is -0.466 e. The monoisotopic (exact) mass is 753 g/mol. The number of carbonyl (C=O) groups is 4. The number of esters is 2. The van der Waals surface area contributed by atoms with E-state index in [9.17, 15) is 28.0 Å². The topological polar surface area (TPSA) is 111 Å². The summed E-state index contributed by atoms with van der Waals surface area (Å²) >= 11 is 0. The minimum atomic E-state index is -0.797. The Morgan fingerprint density at radius 1 is 0.453 bits per heavy atom. The van der Waals surface area contributed by atoms with Crippen LogP contribution in [0.15, 0.2) is 23.8 Å². The zero-order valence-electron chi connectivity index (χ0n) is 33.4. The Balaban J connectivity index is 1.93. The molecule has 1 fully saturated rings. The van der Waals surface area contributed by atoms with Gasteiger partial charge in [-0.2, -0.15) is 0 Å². The summed E-state index contributed by atoms with van der Waals surface area (Å²) in [6.45, 7) is 3.97. The average Bonchev–Trinajstić information content (AvgIpc) is 3.86. The van der Waals surface area contributed by atoms with Crippen molar-refractivity contribution < 1.29 is 37.4 Å². The first-order valence-electron chi connectivity index (χ1n) is 21.3. The van der Waals surface area contributed by atoms with E-state index >= 15 is 0 Å². The number of hydrogen-bond donors (Lipinski definition) is 2. The maximum Gasteiger partial charge on any atom is 0.302 e. The summed E-state index contributed by atoms with van der Waals surface area (Å²) in [5, 5.41) is 5.19. The fourth-order valence-electron chi connectivity index (χ4n) is 6.45. The van der Waals surface area contributed by atoms with E-state index in [-0.39, 0.29) is 24.0 Å². The molecule has 53 heavy (non-hydrogen) atoms. The highest BCUT2D eigenvalue weighted by Gasteiger charge is 2.40. The number of rotatable bonds is 36. The lowest BCUT2D eigenvalue weighted by Crippen LogP contribution is -2.35. The Bertz CT molecular complexity index is 970. The van der Waals surface area contributed by atoms with E-state index in [4.69, 9.17) is 9.47 Å². The van der Waals surface area contributed by atoms with Gasteiger partial charge in [-0.1, -0.05) is 141 Å². The molecule has 1 aliphatic carbocycles. The molecule has 306 valence electrons. The molecule has 8 nitrogen and oxygen atoms in total. The highest BCUT2D eigenvalue weighted by Crippen LogP contribution is 2.23. The third kappa shape index (κ3) is 31.3. The SMILES string of the molecule is CC(=O)OCCCCCCCCCCCCCCCC=C(F)C(=O)N[C@H]1C[C@H]1NC(=O)C(F)=CCCCCCCCCCCCCCCCOC(C)=O. The average molecular weight is 753 g/mol. The number of halogens is 2. The number of nitrogens with one attached hydrogen (secondary N) is 2. The van der Waals surface area contributed by atoms with Crippen LogP contribution in [0.3, 0.4) is 0 Å². The summed E-state index contributed by atoms with van der Waals surface area (Å²) in [5.74, 6) is -3.54. The van der Waals surface area contributed by atoms with Crippen molar-refractivity contribution in [3.63, 3.8) is 0 Å². The number of unbranched alkanes of at least 4 members (excludes halogenated alkanes) is 26. The molecule has 0 aromatic rings. The quantitative estimate of drug-likeness (QED) is 0.0374. The number of ether oxygens (including phenoxy) is 2. The third-order valence-electron chi connectivity index (χ3n) is 9.81. The summed E-state index contributed by atoms with van der Waals surface area (Å²) < 4.78 is 38.4. The van der Waals surface area contributed by atoms with Gasteiger partial charge in [0.1, 0.15) is 0 Å². The molecule has 2 amide bonds. The Morgan fingerprint density at radius 2 is 0.698 bits per heavy atom. The number of allylic oxidation sites excluding steroid dienone is 2. The van der Waals surface area contributed by atoms with Crippen molar-refractivity contribution >= 4 is 23.8 Å². The number of hydrogen-bond acceptors (Lipinski definition) is 6. The van der Waals surface area contributed by atoms with Gasteiger partial charge in [0.15, 0.2) is 11.7 Å². The first-order chi connectivity index (χ1) is 25.7. The lowest BCUT2D eigenvalue weighted by Gasteiger charge is -2.05. The van der Waals surface area contributed by atoms with Crippen LogP contribution >= 0.6 is 0 Å². The molecule has 0 aromatic heterocycles. The van der Waals surface area contributed by atoms with Crippen LogP contribution in [-0.2, 0) is 28.7 Å². The van der Waals surface area contributed by atoms with Crippen LogP contribution in [0.25, 0.3) is 0 Å². The zero-order valence-corrected chi connectivity index (χ0v) is 33.4. The van der Waals surface area contributed by atoms with E-state index in [2.05, 4.69) is 10.6 Å². The molecule has 1 saturated carbocycles. The van der Waals surface area contributed by atoms with Crippen LogP contribution in [0, 0.1) is 0 Å². The van der Waals surface area contributed by atoms with Crippen LogP contribution in [0.4, 0.5) is 8.78 Å². The van der Waals surface area contributed by atoms with Crippen molar-refractivity contribution in [2.75, 3.05) is 13.2 Å². The normalized spacial score (nSPS) is 15.6. The summed E-state index contributed by atoms with van der Waals surface area (Å²) in [4.78, 5) is 45.8. The lowest BCUT2D eigenvalue weighted by atomic mass is 10.0. The first kappa shape index (κ1) is 48.2. The zero-order chi connectivity index (χ0) is 38.8. The highest BCUT2D eigenvalue weighted by molar-refractivity contribution is 5.93. The molecule has 0 saturated heterocycles. The van der Waals surface area contributed by atoms with Gasteiger partial charge in [-0.3, -0.25) is 19.2 Å². The third-order valence-corrected chi connectivity index (χ3v) is 9.81. The van der Waals surface area contributed by atoms with Crippen LogP contribution in [-0.4, -0.2) is 49.1 Å². The second kappa shape index (κ2) is 33.8. The summed E-state index contributed by atoms with van der Waals surface area (Å²) in [6.07, 6.45) is 34.1. The smallest absolute Gasteiger partial charge is 0.302 e. The van der Waals surface area contributed by atoms with E-state index in [1.165, 1.54) is 129 Å². The van der Waals surface area contributed by atoms with Gasteiger partial charge in [-0.15, -0.1) is 0 Å². The number of carbonyl (C=O) groups excluding carboxylic acids is 4. The second-order valence-corrected chi connectivity index (χ2v) is 14.9. The molecule has 0 heterocycles. The van der Waals surface area contributed by atoms with Gasteiger partial charge in [0.2, 0.25) is 0 Å². The van der Waals surface area contributed by atoms with Crippen LogP contribution in [0.5, 0.6) is 0 Å². The summed E-state index contributed by atoms with van der Waals surface area (Å²) in [7, 11) is 0. The van der Waals surface area contributed by atoms with Gasteiger partial charge in [-0.25, -0.2) is 8.78 Å². The van der Waals surface area contributed by atoms with E-state index in [0.717, 1.165) is 64.2 Å². The Kier molecular flexibility index (Phi) is 30.7. The molecule has 0 aliphatic heterocycles. The Hall–Kier alpha value is -2.78. The number of amides is 2. The van der Waals surface area contributed by atoms with Crippen LogP contribution < -0.4 is 10.6 Å². The molecule has 2 atom stereocenters. The predicted molar refractivity (Wildman–Crippen MR) is 209 cm³/mol. The molecule has 0 bridgehead atoms. The molecule has 2 N–H and O–H groups in total. The molecule has 0 spiro atoms. The van der Waals surface area contributed by atoms with E-state index < -0.39 is 23.5 Å².